The Bertz CT molecular complexity index is 1030. The third-order valence-corrected chi connectivity index (χ3v) is 25.6. The van der Waals surface area contributed by atoms with Crippen molar-refractivity contribution in [1.29, 1.82) is 0 Å². The molecule has 0 radical (unpaired) electrons. The number of hydrogen-bond acceptors (Lipinski definition) is 6. The SMILES string of the molecule is C1CC(N(C2CCC2)P(N(C2CCC2)C2CCC2)N(C2CCC2)C2CCC2)C1.C1CC(N(C2CCC2)[PH+](N(C2CCC2)C2CCC2)N(C2CCC2)C2CCC2)C1.Cl.[N-]=[N+]=[N-]. The van der Waals surface area contributed by atoms with E-state index in [0.717, 1.165) is 72.5 Å². The first-order chi connectivity index (χ1) is 29.2. The first-order valence-electron chi connectivity index (χ1n) is 26.6. The molecule has 12 aliphatic carbocycles. The molecule has 0 aromatic heterocycles. The molecule has 0 aromatic carbocycles. The van der Waals surface area contributed by atoms with Gasteiger partial charge in [0.05, 0.1) is 0 Å². The van der Waals surface area contributed by atoms with Crippen molar-refractivity contribution in [3.8, 4) is 0 Å². The molecular weight excluding hydrogens is 800 g/mol. The molecule has 0 aliphatic heterocycles. The first kappa shape index (κ1) is 45.4. The maximum absolute atomic E-state index is 6.75. The fourth-order valence-electron chi connectivity index (χ4n) is 12.3. The number of halogens is 1. The van der Waals surface area contributed by atoms with E-state index in [2.05, 4.69) is 28.0 Å². The Balaban J connectivity index is 0.000000143. The van der Waals surface area contributed by atoms with Crippen molar-refractivity contribution in [3.05, 3.63) is 16.0 Å². The highest BCUT2D eigenvalue weighted by molar-refractivity contribution is 7.50. The lowest BCUT2D eigenvalue weighted by Crippen LogP contribution is -2.60. The molecule has 60 heavy (non-hydrogen) atoms. The lowest BCUT2D eigenvalue weighted by molar-refractivity contribution is 0.0453. The lowest BCUT2D eigenvalue weighted by Gasteiger charge is -2.63. The molecule has 12 aliphatic rings. The fourth-order valence-corrected chi connectivity index (χ4v) is 20.5. The average molecular weight is 887 g/mol. The molecule has 9 nitrogen and oxygen atoms in total. The van der Waals surface area contributed by atoms with Crippen LogP contribution in [0.4, 0.5) is 0 Å². The second kappa shape index (κ2) is 21.2. The van der Waals surface area contributed by atoms with Crippen molar-refractivity contribution < 1.29 is 0 Å². The fraction of sp³-hybridized carbons (Fsp3) is 1.00. The van der Waals surface area contributed by atoms with Crippen LogP contribution in [0, 0.1) is 0 Å². The quantitative estimate of drug-likeness (QED) is 0.0590. The van der Waals surface area contributed by atoms with Crippen molar-refractivity contribution in [1.82, 2.24) is 28.0 Å². The molecule has 0 aromatic rings. The standard InChI is InChI=1S/2C24H42N3P.ClH.N3/c2*1-7-19(8-1)25(20-9-2-10-20)28(26(21-11-3-12-21)22-13-4-14-22)27(23-15-5-16-23)24-17-6-18-24;;1-3-2/h2*19-24H,1-18H2;1H;/q;;;-1/p+1. The minimum Gasteiger partial charge on any atom is -0.373 e. The van der Waals surface area contributed by atoms with Gasteiger partial charge in [0.15, 0.2) is 0 Å². The maximum Gasteiger partial charge on any atom is 0.215 e. The van der Waals surface area contributed by atoms with Crippen LogP contribution in [0.3, 0.4) is 0 Å². The topological polar surface area (TPSA) is 78.1 Å². The van der Waals surface area contributed by atoms with Gasteiger partial charge in [0.1, 0.15) is 8.37 Å². The van der Waals surface area contributed by atoms with Crippen LogP contribution >= 0.6 is 29.2 Å². The van der Waals surface area contributed by atoms with Crippen LogP contribution in [0.2, 0.25) is 0 Å². The molecule has 0 unspecified atom stereocenters. The molecule has 340 valence electrons. The molecule has 12 fully saturated rings. The highest BCUT2D eigenvalue weighted by Crippen LogP contribution is 2.66. The number of rotatable bonds is 18. The summed E-state index contributed by atoms with van der Waals surface area (Å²) in [7, 11) is -0.934. The Morgan fingerprint density at radius 1 is 0.283 bits per heavy atom. The van der Waals surface area contributed by atoms with Crippen LogP contribution in [-0.2, 0) is 0 Å². The Labute approximate surface area is 375 Å². The molecule has 12 saturated carbocycles. The van der Waals surface area contributed by atoms with Crippen LogP contribution in [0.25, 0.3) is 16.0 Å². The second-order valence-electron chi connectivity index (χ2n) is 22.0. The third kappa shape index (κ3) is 9.16. The minimum atomic E-state index is -0.720. The van der Waals surface area contributed by atoms with E-state index in [1.54, 1.807) is 0 Å². The first-order valence-corrected chi connectivity index (χ1v) is 29.1. The molecular formula is C48H86ClN9P2. The van der Waals surface area contributed by atoms with Gasteiger partial charge in [-0.3, -0.25) is 18.9 Å². The van der Waals surface area contributed by atoms with Crippen molar-refractivity contribution in [2.75, 3.05) is 0 Å². The van der Waals surface area contributed by atoms with E-state index in [0.29, 0.717) is 0 Å². The van der Waals surface area contributed by atoms with E-state index < -0.39 is 8.37 Å². The summed E-state index contributed by atoms with van der Waals surface area (Å²) in [5.74, 6) is 0. The molecule has 0 bridgehead atoms. The van der Waals surface area contributed by atoms with Crippen molar-refractivity contribution in [2.45, 2.75) is 304 Å². The molecule has 0 spiro atoms. The van der Waals surface area contributed by atoms with Gasteiger partial charge in [-0.2, -0.15) is 0 Å². The maximum atomic E-state index is 6.75. The normalized spacial score (nSPS) is 28.9. The summed E-state index contributed by atoms with van der Waals surface area (Å²) in [6, 6.07) is 11.3. The summed E-state index contributed by atoms with van der Waals surface area (Å²) >= 11 is 0. The van der Waals surface area contributed by atoms with Gasteiger partial charge in [-0.25, -0.2) is 0 Å². The number of hydrogen-bond donors (Lipinski definition) is 0. The van der Waals surface area contributed by atoms with Gasteiger partial charge in [0, 0.05) is 72.5 Å². The average Bonchev–Trinajstić information content (AvgIpc) is 2.91. The summed E-state index contributed by atoms with van der Waals surface area (Å²) in [4.78, 5) is 1.50. The molecule has 0 N–H and O–H groups in total. The smallest absolute Gasteiger partial charge is 0.215 e. The molecule has 0 atom stereocenters. The monoisotopic (exact) mass is 886 g/mol. The summed E-state index contributed by atoms with van der Waals surface area (Å²) < 4.78 is 19.5. The van der Waals surface area contributed by atoms with Gasteiger partial charge in [0.2, 0.25) is 8.37 Å². The minimum absolute atomic E-state index is 0. The third-order valence-electron chi connectivity index (χ3n) is 18.8. The zero-order valence-corrected chi connectivity index (χ0v) is 40.5. The van der Waals surface area contributed by atoms with Gasteiger partial charge < -0.3 is 11.1 Å². The van der Waals surface area contributed by atoms with E-state index in [-0.39, 0.29) is 20.8 Å². The van der Waals surface area contributed by atoms with Crippen molar-refractivity contribution in [3.63, 3.8) is 0 Å². The van der Waals surface area contributed by atoms with Crippen LogP contribution < -0.4 is 0 Å². The van der Waals surface area contributed by atoms with Gasteiger partial charge in [0.25, 0.3) is 0 Å². The van der Waals surface area contributed by atoms with Crippen LogP contribution in [0.5, 0.6) is 0 Å². The van der Waals surface area contributed by atoms with Gasteiger partial charge >= 0.3 is 0 Å². The summed E-state index contributed by atoms with van der Waals surface area (Å²) in [5, 5.41) is 0. The van der Waals surface area contributed by atoms with E-state index in [1.807, 2.05) is 0 Å². The van der Waals surface area contributed by atoms with Crippen molar-refractivity contribution >= 4 is 29.2 Å². The Morgan fingerprint density at radius 2 is 0.417 bits per heavy atom. The highest BCUT2D eigenvalue weighted by atomic mass is 35.5. The summed E-state index contributed by atoms with van der Waals surface area (Å²) in [5.41, 5.74) is 13.5. The largest absolute Gasteiger partial charge is 0.373 e. The van der Waals surface area contributed by atoms with Gasteiger partial charge in [-0.1, -0.05) is 77.0 Å². The van der Waals surface area contributed by atoms with Crippen LogP contribution in [-0.4, -0.2) is 101 Å². The Kier molecular flexibility index (Phi) is 16.1. The zero-order chi connectivity index (χ0) is 39.7. The Morgan fingerprint density at radius 3 is 0.517 bits per heavy atom. The van der Waals surface area contributed by atoms with Gasteiger partial charge in [-0.05, 0) is 154 Å². The zero-order valence-electron chi connectivity index (χ0n) is 37.8. The predicted molar refractivity (Wildman–Crippen MR) is 255 cm³/mol. The van der Waals surface area contributed by atoms with Crippen molar-refractivity contribution in [2.24, 2.45) is 0 Å². The molecule has 0 amide bonds. The van der Waals surface area contributed by atoms with E-state index in [1.165, 1.54) is 236 Å². The Hall–Kier alpha value is 0.220. The second-order valence-corrected chi connectivity index (χ2v) is 26.1. The van der Waals surface area contributed by atoms with E-state index in [4.69, 9.17) is 11.1 Å². The molecule has 0 heterocycles. The predicted octanol–water partition coefficient (Wildman–Crippen LogP) is 13.9. The van der Waals surface area contributed by atoms with Gasteiger partial charge in [-0.15, -0.1) is 26.4 Å². The number of nitrogens with zero attached hydrogens (tertiary/aromatic N) is 9. The summed E-state index contributed by atoms with van der Waals surface area (Å²) in [6.45, 7) is 0. The molecule has 0 saturated heterocycles. The van der Waals surface area contributed by atoms with Crippen LogP contribution in [0.1, 0.15) is 231 Å². The van der Waals surface area contributed by atoms with E-state index >= 15 is 0 Å². The summed E-state index contributed by atoms with van der Waals surface area (Å²) in [6.07, 6.45) is 54.1. The highest BCUT2D eigenvalue weighted by Gasteiger charge is 2.58. The van der Waals surface area contributed by atoms with E-state index in [9.17, 15) is 0 Å². The van der Waals surface area contributed by atoms with Crippen LogP contribution in [0.15, 0.2) is 0 Å². The molecule has 12 heteroatoms. The molecule has 12 rings (SSSR count). The lowest BCUT2D eigenvalue weighted by atomic mass is 9.87.